The number of benzene rings is 1. The predicted octanol–water partition coefficient (Wildman–Crippen LogP) is 5.38. The van der Waals surface area contributed by atoms with Crippen molar-refractivity contribution in [3.63, 3.8) is 0 Å². The number of phenolic OH excluding ortho intramolecular Hbond substituents is 1. The van der Waals surface area contributed by atoms with Crippen molar-refractivity contribution in [2.45, 2.75) is 70.9 Å². The Morgan fingerprint density at radius 3 is 2.53 bits per heavy atom. The van der Waals surface area contributed by atoms with E-state index in [1.54, 1.807) is 13.2 Å². The molecule has 2 aromatic rings. The van der Waals surface area contributed by atoms with Gasteiger partial charge in [-0.2, -0.15) is 0 Å². The molecule has 0 atom stereocenters. The fraction of sp³-hybridized carbons (Fsp3) is 0.520. The van der Waals surface area contributed by atoms with Crippen molar-refractivity contribution in [2.75, 3.05) is 12.4 Å². The second kappa shape index (κ2) is 8.03. The number of hydrogen-bond donors (Lipinski definition) is 2. The summed E-state index contributed by atoms with van der Waals surface area (Å²) in [5, 5.41) is 23.5. The number of allylic oxidation sites excluding steroid dienone is 1. The number of anilines is 1. The van der Waals surface area contributed by atoms with Crippen molar-refractivity contribution >= 4 is 11.4 Å². The molecule has 5 nitrogen and oxygen atoms in total. The van der Waals surface area contributed by atoms with Crippen LogP contribution in [0.5, 0.6) is 5.75 Å². The molecular weight excluding hydrogens is 374 g/mol. The predicted molar refractivity (Wildman–Crippen MR) is 122 cm³/mol. The van der Waals surface area contributed by atoms with Gasteiger partial charge in [0, 0.05) is 24.3 Å². The van der Waals surface area contributed by atoms with Crippen LogP contribution in [-0.4, -0.2) is 34.1 Å². The normalized spacial score (nSPS) is 23.0. The van der Waals surface area contributed by atoms with Gasteiger partial charge in [-0.25, -0.2) is 0 Å². The summed E-state index contributed by atoms with van der Waals surface area (Å²) in [4.78, 5) is 0. The van der Waals surface area contributed by atoms with Crippen LogP contribution < -0.4 is 5.32 Å². The minimum Gasteiger partial charge on any atom is -0.507 e. The maximum absolute atomic E-state index is 10.8. The fourth-order valence-electron chi connectivity index (χ4n) is 4.69. The van der Waals surface area contributed by atoms with Crippen LogP contribution in [0.4, 0.5) is 5.82 Å². The number of ether oxygens (including phenoxy) is 1. The number of methoxy groups -OCH3 is 1. The van der Waals surface area contributed by atoms with Gasteiger partial charge in [-0.05, 0) is 80.2 Å². The maximum Gasteiger partial charge on any atom is 0.152 e. The highest BCUT2D eigenvalue weighted by Gasteiger charge is 2.41. The number of aromatic hydroxyl groups is 1. The molecule has 0 bridgehead atoms. The van der Waals surface area contributed by atoms with E-state index in [2.05, 4.69) is 42.9 Å². The molecule has 0 radical (unpaired) electrons. The molecule has 2 aliphatic carbocycles. The van der Waals surface area contributed by atoms with Gasteiger partial charge in [-0.3, -0.25) is 0 Å². The zero-order valence-corrected chi connectivity index (χ0v) is 18.6. The van der Waals surface area contributed by atoms with Crippen molar-refractivity contribution < 1.29 is 9.84 Å². The molecule has 0 unspecified atom stereocenters. The molecule has 0 amide bonds. The van der Waals surface area contributed by atoms with Crippen LogP contribution in [-0.2, 0) is 17.6 Å². The number of rotatable bonds is 6. The minimum atomic E-state index is -0.0291. The highest BCUT2D eigenvalue weighted by Crippen LogP contribution is 2.40. The van der Waals surface area contributed by atoms with Gasteiger partial charge in [0.25, 0.3) is 0 Å². The zero-order chi connectivity index (χ0) is 21.5. The summed E-state index contributed by atoms with van der Waals surface area (Å²) in [7, 11) is 1.78. The first-order valence-corrected chi connectivity index (χ1v) is 11.0. The molecular formula is C25H33N3O2. The van der Waals surface area contributed by atoms with Crippen molar-refractivity contribution in [3.8, 4) is 17.0 Å². The van der Waals surface area contributed by atoms with Gasteiger partial charge >= 0.3 is 0 Å². The SMILES string of the molecule is C=C(c1ccc(-c2nnc(NC3CC(C)(OC)C3)c3c2CCCC3)c(O)c1)C(C)C. The third-order valence-electron chi connectivity index (χ3n) is 6.80. The molecule has 5 heteroatoms. The van der Waals surface area contributed by atoms with Crippen molar-refractivity contribution in [1.82, 2.24) is 10.2 Å². The van der Waals surface area contributed by atoms with E-state index in [0.717, 1.165) is 66.7 Å². The summed E-state index contributed by atoms with van der Waals surface area (Å²) in [6, 6.07) is 6.16. The highest BCUT2D eigenvalue weighted by molar-refractivity contribution is 5.76. The number of nitrogens with zero attached hydrogens (tertiary/aromatic N) is 2. The molecule has 1 heterocycles. The maximum atomic E-state index is 10.8. The molecule has 0 saturated heterocycles. The quantitative estimate of drug-likeness (QED) is 0.673. The Bertz CT molecular complexity index is 961. The lowest BCUT2D eigenvalue weighted by molar-refractivity contribution is -0.0625. The van der Waals surface area contributed by atoms with E-state index in [9.17, 15) is 5.11 Å². The van der Waals surface area contributed by atoms with Crippen molar-refractivity contribution in [3.05, 3.63) is 41.5 Å². The second-order valence-corrected chi connectivity index (χ2v) is 9.38. The van der Waals surface area contributed by atoms with Crippen molar-refractivity contribution in [2.24, 2.45) is 5.92 Å². The third kappa shape index (κ3) is 3.83. The van der Waals surface area contributed by atoms with Gasteiger partial charge < -0.3 is 15.2 Å². The molecule has 1 aromatic carbocycles. The van der Waals surface area contributed by atoms with Gasteiger partial charge in [0.05, 0.1) is 5.60 Å². The molecule has 2 N–H and O–H groups in total. The van der Waals surface area contributed by atoms with Crippen LogP contribution in [0.25, 0.3) is 16.8 Å². The number of nitrogens with one attached hydrogen (secondary N) is 1. The molecule has 0 aliphatic heterocycles. The van der Waals surface area contributed by atoms with E-state index >= 15 is 0 Å². The molecule has 4 rings (SSSR count). The standard InChI is InChI=1S/C25H33N3O2/c1-15(2)16(3)17-10-11-21(22(29)12-17)23-19-8-6-7-9-20(19)24(28-27-23)26-18-13-25(4,14-18)30-5/h10-12,15,18,29H,3,6-9,13-14H2,1-2,4-5H3,(H,26,28). The number of phenols is 1. The molecule has 1 aromatic heterocycles. The third-order valence-corrected chi connectivity index (χ3v) is 6.80. The average molecular weight is 408 g/mol. The van der Waals surface area contributed by atoms with Gasteiger partial charge in [-0.15, -0.1) is 10.2 Å². The first-order chi connectivity index (χ1) is 14.3. The van der Waals surface area contributed by atoms with E-state index in [4.69, 9.17) is 4.74 Å². The van der Waals surface area contributed by atoms with Crippen LogP contribution in [0.3, 0.4) is 0 Å². The Kier molecular flexibility index (Phi) is 5.58. The Labute approximate surface area is 179 Å². The second-order valence-electron chi connectivity index (χ2n) is 9.38. The molecule has 30 heavy (non-hydrogen) atoms. The summed E-state index contributed by atoms with van der Waals surface area (Å²) in [5.41, 5.74) is 6.00. The fourth-order valence-corrected chi connectivity index (χ4v) is 4.69. The molecule has 1 fully saturated rings. The zero-order valence-electron chi connectivity index (χ0n) is 18.6. The highest BCUT2D eigenvalue weighted by atomic mass is 16.5. The lowest BCUT2D eigenvalue weighted by Gasteiger charge is -2.44. The van der Waals surface area contributed by atoms with Crippen LogP contribution in [0.15, 0.2) is 24.8 Å². The topological polar surface area (TPSA) is 67.3 Å². The Hall–Kier alpha value is -2.40. The Morgan fingerprint density at radius 2 is 1.90 bits per heavy atom. The summed E-state index contributed by atoms with van der Waals surface area (Å²) in [6.07, 6.45) is 6.21. The average Bonchev–Trinajstić information content (AvgIpc) is 2.72. The van der Waals surface area contributed by atoms with Crippen LogP contribution in [0, 0.1) is 5.92 Å². The Balaban J connectivity index is 1.65. The lowest BCUT2D eigenvalue weighted by Crippen LogP contribution is -2.50. The summed E-state index contributed by atoms with van der Waals surface area (Å²) < 4.78 is 5.58. The van der Waals surface area contributed by atoms with E-state index in [-0.39, 0.29) is 11.4 Å². The number of aromatic nitrogens is 2. The van der Waals surface area contributed by atoms with E-state index < -0.39 is 0 Å². The van der Waals surface area contributed by atoms with Gasteiger partial charge in [0.2, 0.25) is 0 Å². The van der Waals surface area contributed by atoms with Gasteiger partial charge in [0.15, 0.2) is 5.82 Å². The Morgan fingerprint density at radius 1 is 1.20 bits per heavy atom. The largest absolute Gasteiger partial charge is 0.507 e. The van der Waals surface area contributed by atoms with Crippen LogP contribution >= 0.6 is 0 Å². The molecule has 0 spiro atoms. The summed E-state index contributed by atoms with van der Waals surface area (Å²) in [5.74, 6) is 1.48. The summed E-state index contributed by atoms with van der Waals surface area (Å²) >= 11 is 0. The smallest absolute Gasteiger partial charge is 0.152 e. The first kappa shape index (κ1) is 20.9. The number of fused-ring (bicyclic) bond motifs is 1. The minimum absolute atomic E-state index is 0.0291. The molecule has 2 aliphatic rings. The number of hydrogen-bond acceptors (Lipinski definition) is 5. The van der Waals surface area contributed by atoms with Gasteiger partial charge in [-0.1, -0.05) is 26.5 Å². The van der Waals surface area contributed by atoms with Crippen molar-refractivity contribution in [1.29, 1.82) is 0 Å². The van der Waals surface area contributed by atoms with Crippen LogP contribution in [0.1, 0.15) is 63.1 Å². The van der Waals surface area contributed by atoms with E-state index in [1.807, 2.05) is 12.1 Å². The van der Waals surface area contributed by atoms with Gasteiger partial charge in [0.1, 0.15) is 11.4 Å². The molecule has 160 valence electrons. The first-order valence-electron chi connectivity index (χ1n) is 11.0. The van der Waals surface area contributed by atoms with E-state index in [0.29, 0.717) is 12.0 Å². The lowest BCUT2D eigenvalue weighted by atomic mass is 9.77. The molecule has 1 saturated carbocycles. The summed E-state index contributed by atoms with van der Waals surface area (Å²) in [6.45, 7) is 10.5. The van der Waals surface area contributed by atoms with Crippen LogP contribution in [0.2, 0.25) is 0 Å². The monoisotopic (exact) mass is 407 g/mol. The van der Waals surface area contributed by atoms with E-state index in [1.165, 1.54) is 11.1 Å².